The molecule has 0 aliphatic carbocycles. The van der Waals surface area contributed by atoms with Crippen molar-refractivity contribution in [2.45, 2.75) is 18.9 Å². The molecule has 210 valence electrons. The number of rotatable bonds is 11. The Kier molecular flexibility index (Phi) is 9.28. The van der Waals surface area contributed by atoms with Crippen LogP contribution in [0, 0.1) is 5.41 Å². The molecule has 12 heteroatoms. The Morgan fingerprint density at radius 1 is 1.18 bits per heavy atom. The summed E-state index contributed by atoms with van der Waals surface area (Å²) in [5.74, 6) is -2.20. The number of halogens is 1. The van der Waals surface area contributed by atoms with Gasteiger partial charge in [-0.2, -0.15) is 0 Å². The first-order valence-corrected chi connectivity index (χ1v) is 14.6. The van der Waals surface area contributed by atoms with Gasteiger partial charge < -0.3 is 20.5 Å². The van der Waals surface area contributed by atoms with Crippen molar-refractivity contribution in [3.05, 3.63) is 89.2 Å². The van der Waals surface area contributed by atoms with Crippen molar-refractivity contribution in [2.24, 2.45) is 5.73 Å². The molecule has 1 aliphatic rings. The third kappa shape index (κ3) is 7.51. The van der Waals surface area contributed by atoms with Crippen LogP contribution in [0.5, 0.6) is 5.75 Å². The van der Waals surface area contributed by atoms with E-state index in [2.05, 4.69) is 9.88 Å². The molecule has 2 heterocycles. The Labute approximate surface area is 238 Å². The van der Waals surface area contributed by atoms with Crippen LogP contribution in [0.15, 0.2) is 73.1 Å². The third-order valence-corrected chi connectivity index (χ3v) is 8.33. The normalized spacial score (nSPS) is 14.3. The van der Waals surface area contributed by atoms with E-state index in [9.17, 15) is 18.3 Å². The lowest BCUT2D eigenvalue weighted by molar-refractivity contribution is -0.134. The number of hydrogen-bond donors (Lipinski definition) is 3. The second-order valence-corrected chi connectivity index (χ2v) is 11.5. The molecule has 1 saturated heterocycles. The molecular weight excluding hydrogens is 554 g/mol. The summed E-state index contributed by atoms with van der Waals surface area (Å²) in [5.41, 5.74) is 8.11. The Balaban J connectivity index is 1.48. The topological polar surface area (TPSA) is 150 Å². The molecule has 3 aromatic rings. The number of pyridine rings is 1. The number of ether oxygens (including phenoxy) is 1. The van der Waals surface area contributed by atoms with Crippen LogP contribution in [-0.2, 0) is 14.8 Å². The zero-order chi connectivity index (χ0) is 28.7. The number of aromatic nitrogens is 1. The van der Waals surface area contributed by atoms with Crippen molar-refractivity contribution >= 4 is 50.9 Å². The van der Waals surface area contributed by atoms with Gasteiger partial charge in [-0.1, -0.05) is 42.0 Å². The van der Waals surface area contributed by atoms with E-state index in [0.29, 0.717) is 16.9 Å². The molecule has 0 unspecified atom stereocenters. The minimum Gasteiger partial charge on any atom is -0.489 e. The number of nitrogens with one attached hydrogen (secondary N) is 1. The Bertz CT molecular complexity index is 1490. The molecule has 10 nitrogen and oxygen atoms in total. The summed E-state index contributed by atoms with van der Waals surface area (Å²) < 4.78 is 33.1. The SMILES string of the molecule is N=C(N)c1cccc(/C=C/CN(c2ccc(OC3CCN(c4ccncc4)CC3)c(Cl)c2)S(=O)(=O)CC(=O)O)c1. The molecule has 40 heavy (non-hydrogen) atoms. The second-order valence-electron chi connectivity index (χ2n) is 9.25. The van der Waals surface area contributed by atoms with Crippen molar-refractivity contribution in [3.8, 4) is 5.75 Å². The number of carboxylic acids is 1. The molecule has 0 spiro atoms. The van der Waals surface area contributed by atoms with Crippen LogP contribution in [0.25, 0.3) is 6.08 Å². The lowest BCUT2D eigenvalue weighted by Gasteiger charge is -2.33. The van der Waals surface area contributed by atoms with Gasteiger partial charge in [0.2, 0.25) is 10.0 Å². The maximum atomic E-state index is 13.0. The molecule has 1 aromatic heterocycles. The molecule has 0 bridgehead atoms. The molecule has 4 rings (SSSR count). The molecule has 0 radical (unpaired) electrons. The largest absolute Gasteiger partial charge is 0.489 e. The number of anilines is 2. The van der Waals surface area contributed by atoms with Crippen molar-refractivity contribution in [3.63, 3.8) is 0 Å². The first-order valence-electron chi connectivity index (χ1n) is 12.6. The number of nitrogen functional groups attached to an aromatic ring is 1. The molecule has 0 saturated carbocycles. The van der Waals surface area contributed by atoms with Gasteiger partial charge in [-0.15, -0.1) is 0 Å². The van der Waals surface area contributed by atoms with E-state index >= 15 is 0 Å². The smallest absolute Gasteiger partial charge is 0.320 e. The quantitative estimate of drug-likeness (QED) is 0.226. The highest BCUT2D eigenvalue weighted by Crippen LogP contribution is 2.33. The van der Waals surface area contributed by atoms with Crippen molar-refractivity contribution in [2.75, 3.05) is 34.6 Å². The summed E-state index contributed by atoms with van der Waals surface area (Å²) in [4.78, 5) is 17.6. The van der Waals surface area contributed by atoms with Gasteiger partial charge in [-0.25, -0.2) is 8.42 Å². The van der Waals surface area contributed by atoms with Crippen LogP contribution in [0.2, 0.25) is 5.02 Å². The van der Waals surface area contributed by atoms with Crippen molar-refractivity contribution < 1.29 is 23.1 Å². The van der Waals surface area contributed by atoms with E-state index in [-0.39, 0.29) is 29.2 Å². The zero-order valence-corrected chi connectivity index (χ0v) is 23.2. The number of nitrogens with two attached hydrogens (primary N) is 1. The van der Waals surface area contributed by atoms with Crippen LogP contribution in [0.3, 0.4) is 0 Å². The number of aliphatic carboxylic acids is 1. The summed E-state index contributed by atoms with van der Waals surface area (Å²) >= 11 is 6.52. The highest BCUT2D eigenvalue weighted by Gasteiger charge is 2.26. The number of benzene rings is 2. The van der Waals surface area contributed by atoms with E-state index < -0.39 is 21.7 Å². The van der Waals surface area contributed by atoms with E-state index in [1.54, 1.807) is 60.9 Å². The summed E-state index contributed by atoms with van der Waals surface area (Å²) in [6.07, 6.45) is 8.31. The highest BCUT2D eigenvalue weighted by atomic mass is 35.5. The number of nitrogens with zero attached hydrogens (tertiary/aromatic N) is 3. The molecule has 1 aliphatic heterocycles. The number of hydrogen-bond acceptors (Lipinski definition) is 7. The fraction of sp³-hybridized carbons (Fsp3) is 0.250. The standard InChI is InChI=1S/C28H30ClN5O5S/c29-25-18-23(6-7-26(25)39-24-10-15-33(16-11-24)22-8-12-32-13-9-22)34(40(37,38)19-27(35)36)14-2-4-20-3-1-5-21(17-20)28(30)31/h1-9,12-13,17-18,24H,10-11,14-16,19H2,(H3,30,31)(H,35,36)/b4-2+. The maximum Gasteiger partial charge on any atom is 0.320 e. The molecule has 0 amide bonds. The summed E-state index contributed by atoms with van der Waals surface area (Å²) in [5, 5.41) is 17.0. The molecule has 2 aromatic carbocycles. The Morgan fingerprint density at radius 3 is 2.55 bits per heavy atom. The van der Waals surface area contributed by atoms with Crippen molar-refractivity contribution in [1.29, 1.82) is 5.41 Å². The van der Waals surface area contributed by atoms with E-state index in [0.717, 1.165) is 35.9 Å². The number of amidine groups is 1. The minimum absolute atomic E-state index is 0.0537. The first kappa shape index (κ1) is 28.9. The van der Waals surface area contributed by atoms with Gasteiger partial charge >= 0.3 is 5.97 Å². The van der Waals surface area contributed by atoms with Crippen LogP contribution >= 0.6 is 11.6 Å². The summed E-state index contributed by atoms with van der Waals surface area (Å²) in [6.45, 7) is 1.49. The molecule has 0 atom stereocenters. The van der Waals surface area contributed by atoms with Gasteiger partial charge in [0.25, 0.3) is 0 Å². The predicted octanol–water partition coefficient (Wildman–Crippen LogP) is 4.00. The zero-order valence-electron chi connectivity index (χ0n) is 21.6. The van der Waals surface area contributed by atoms with Gasteiger partial charge in [-0.3, -0.25) is 19.5 Å². The van der Waals surface area contributed by atoms with Crippen LogP contribution in [0.1, 0.15) is 24.0 Å². The Morgan fingerprint density at radius 2 is 1.90 bits per heavy atom. The van der Waals surface area contributed by atoms with Gasteiger partial charge in [0.15, 0.2) is 5.75 Å². The second kappa shape index (κ2) is 12.8. The summed E-state index contributed by atoms with van der Waals surface area (Å²) in [6, 6.07) is 15.5. The minimum atomic E-state index is -4.22. The van der Waals surface area contributed by atoms with Crippen molar-refractivity contribution in [1.82, 2.24) is 4.98 Å². The van der Waals surface area contributed by atoms with E-state index in [1.807, 2.05) is 12.1 Å². The van der Waals surface area contributed by atoms with Gasteiger partial charge in [-0.05, 0) is 42.0 Å². The number of piperidine rings is 1. The monoisotopic (exact) mass is 583 g/mol. The fourth-order valence-corrected chi connectivity index (χ4v) is 5.85. The van der Waals surface area contributed by atoms with E-state index in [1.165, 1.54) is 6.07 Å². The van der Waals surface area contributed by atoms with Gasteiger partial charge in [0, 0.05) is 49.6 Å². The molecular formula is C28H30ClN5O5S. The first-order chi connectivity index (χ1) is 19.1. The lowest BCUT2D eigenvalue weighted by atomic mass is 10.1. The maximum absolute atomic E-state index is 13.0. The van der Waals surface area contributed by atoms with Crippen LogP contribution in [-0.4, -0.2) is 61.8 Å². The average Bonchev–Trinajstić information content (AvgIpc) is 2.92. The van der Waals surface area contributed by atoms with Gasteiger partial charge in [0.05, 0.1) is 17.3 Å². The van der Waals surface area contributed by atoms with Gasteiger partial charge in [0.1, 0.15) is 17.7 Å². The number of carboxylic acid groups (broad SMARTS) is 1. The van der Waals surface area contributed by atoms with E-state index in [4.69, 9.17) is 27.5 Å². The Hall–Kier alpha value is -4.09. The molecule has 4 N–H and O–H groups in total. The number of carbonyl (C=O) groups is 1. The van der Waals surface area contributed by atoms with Crippen LogP contribution < -0.4 is 19.7 Å². The average molecular weight is 584 g/mol. The third-order valence-electron chi connectivity index (χ3n) is 6.39. The van der Waals surface area contributed by atoms with Crippen LogP contribution in [0.4, 0.5) is 11.4 Å². The lowest BCUT2D eigenvalue weighted by Crippen LogP contribution is -2.38. The highest BCUT2D eigenvalue weighted by molar-refractivity contribution is 7.93. The number of sulfonamides is 1. The predicted molar refractivity (Wildman–Crippen MR) is 157 cm³/mol. The molecule has 1 fully saturated rings. The fourth-order valence-electron chi connectivity index (χ4n) is 4.41. The summed E-state index contributed by atoms with van der Waals surface area (Å²) in [7, 11) is -4.22.